The van der Waals surface area contributed by atoms with E-state index in [4.69, 9.17) is 8.75 Å². The van der Waals surface area contributed by atoms with Gasteiger partial charge in [0.1, 0.15) is 11.0 Å². The Kier molecular flexibility index (Phi) is 14.7. The maximum Gasteiger partial charge on any atom is 0.114 e. The van der Waals surface area contributed by atoms with Crippen molar-refractivity contribution in [2.24, 2.45) is 0 Å². The normalized spacial score (nSPS) is 12.7. The van der Waals surface area contributed by atoms with E-state index in [0.29, 0.717) is 0 Å². The number of hydrogen-bond acceptors (Lipinski definition) is 6. The molecule has 69 heavy (non-hydrogen) atoms. The minimum absolute atomic E-state index is 0.0299. The van der Waals surface area contributed by atoms with Gasteiger partial charge < -0.3 is 4.90 Å². The van der Waals surface area contributed by atoms with E-state index >= 15 is 0 Å². The zero-order valence-electron chi connectivity index (χ0n) is 40.9. The molecule has 9 aromatic rings. The van der Waals surface area contributed by atoms with Gasteiger partial charge in [0.15, 0.2) is 0 Å². The first-order valence-electron chi connectivity index (χ1n) is 25.7. The van der Waals surface area contributed by atoms with Gasteiger partial charge in [-0.2, -0.15) is 8.75 Å². The second-order valence-electron chi connectivity index (χ2n) is 19.4. The van der Waals surface area contributed by atoms with E-state index in [1.54, 1.807) is 5.56 Å². The van der Waals surface area contributed by atoms with Crippen molar-refractivity contribution in [3.05, 3.63) is 173 Å². The minimum Gasteiger partial charge on any atom is -0.311 e. The average Bonchev–Trinajstić information content (AvgIpc) is 4.22. The van der Waals surface area contributed by atoms with Crippen LogP contribution in [0.2, 0.25) is 0 Å². The van der Waals surface area contributed by atoms with Gasteiger partial charge in [-0.3, -0.25) is 0 Å². The van der Waals surface area contributed by atoms with Gasteiger partial charge in [0.2, 0.25) is 0 Å². The van der Waals surface area contributed by atoms with Gasteiger partial charge in [-0.05, 0) is 132 Å². The van der Waals surface area contributed by atoms with Gasteiger partial charge in [-0.25, -0.2) is 0 Å². The number of aryl methyl sites for hydroxylation is 2. The first-order chi connectivity index (χ1) is 33.9. The Labute approximate surface area is 423 Å². The summed E-state index contributed by atoms with van der Waals surface area (Å²) in [5.41, 5.74) is 18.8. The Bertz CT molecular complexity index is 3100. The number of anilines is 3. The predicted octanol–water partition coefficient (Wildman–Crippen LogP) is 20.3. The Balaban J connectivity index is 0.935. The molecular weight excluding hydrogens is 895 g/mol. The van der Waals surface area contributed by atoms with Crippen molar-refractivity contribution in [1.29, 1.82) is 0 Å². The van der Waals surface area contributed by atoms with E-state index in [0.717, 1.165) is 33.7 Å². The van der Waals surface area contributed by atoms with Crippen LogP contribution in [0.5, 0.6) is 0 Å². The average molecular weight is 960 g/mol. The lowest BCUT2D eigenvalue weighted by Gasteiger charge is -2.33. The van der Waals surface area contributed by atoms with Gasteiger partial charge in [-0.15, -0.1) is 22.7 Å². The molecule has 0 unspecified atom stereocenters. The number of hydrogen-bond donors (Lipinski definition) is 0. The lowest BCUT2D eigenvalue weighted by Crippen LogP contribution is -2.25. The number of fused-ring (bicyclic) bond motifs is 4. The second-order valence-corrected chi connectivity index (χ2v) is 22.3. The molecule has 3 nitrogen and oxygen atoms in total. The molecule has 6 heteroatoms. The topological polar surface area (TPSA) is 29.0 Å². The number of benzene rings is 6. The molecule has 0 fully saturated rings. The van der Waals surface area contributed by atoms with Gasteiger partial charge in [-0.1, -0.05) is 181 Å². The van der Waals surface area contributed by atoms with Crippen molar-refractivity contribution in [3.63, 3.8) is 0 Å². The Morgan fingerprint density at radius 3 is 1.54 bits per heavy atom. The third-order valence-corrected chi connectivity index (χ3v) is 17.3. The van der Waals surface area contributed by atoms with Crippen LogP contribution in [-0.4, -0.2) is 8.75 Å². The van der Waals surface area contributed by atoms with Crippen LogP contribution in [0.4, 0.5) is 17.1 Å². The van der Waals surface area contributed by atoms with Crippen LogP contribution in [0.1, 0.15) is 125 Å². The minimum atomic E-state index is 0.0299. The van der Waals surface area contributed by atoms with E-state index in [2.05, 4.69) is 184 Å². The summed E-state index contributed by atoms with van der Waals surface area (Å²) in [6.07, 6.45) is 18.3. The molecule has 1 aliphatic carbocycles. The molecule has 0 amide bonds. The summed E-state index contributed by atoms with van der Waals surface area (Å²) in [7, 11) is 0. The number of nitrogens with zero attached hydrogens (tertiary/aromatic N) is 3. The number of unbranched alkanes of at least 4 members (excludes halogenated alkanes) is 10. The summed E-state index contributed by atoms with van der Waals surface area (Å²) in [5, 5.41) is 0. The van der Waals surface area contributed by atoms with Gasteiger partial charge in [0.25, 0.3) is 0 Å². The highest BCUT2D eigenvalue weighted by atomic mass is 32.1. The third kappa shape index (κ3) is 9.91. The number of rotatable bonds is 21. The fourth-order valence-corrected chi connectivity index (χ4v) is 13.4. The zero-order chi connectivity index (χ0) is 47.2. The molecule has 3 aromatic heterocycles. The monoisotopic (exact) mass is 959 g/mol. The summed E-state index contributed by atoms with van der Waals surface area (Å²) < 4.78 is 10.0. The molecule has 0 radical (unpaired) electrons. The summed E-state index contributed by atoms with van der Waals surface area (Å²) in [6, 6.07) is 56.8. The highest BCUT2D eigenvalue weighted by molar-refractivity contribution is 7.19. The molecular formula is C63H65N3S3. The number of thiophene rings is 2. The SMILES string of the molecule is CCCCCCCCC1(CCCCCCCC)c2cc(C)ccc2-c2ccc(-c3ccc(-c4ccc(-c5ccc(N(c6ccccc6)c6ccc(-c7ccc(C)s7)cc6)cc5)s4)c4nsnc34)cc21. The largest absolute Gasteiger partial charge is 0.311 e. The van der Waals surface area contributed by atoms with E-state index in [-0.39, 0.29) is 5.41 Å². The lowest BCUT2D eigenvalue weighted by molar-refractivity contribution is 0.398. The summed E-state index contributed by atoms with van der Waals surface area (Å²) in [4.78, 5) is 7.41. The van der Waals surface area contributed by atoms with Crippen LogP contribution in [0.25, 0.3) is 64.6 Å². The lowest BCUT2D eigenvalue weighted by atomic mass is 9.70. The second kappa shape index (κ2) is 21.5. The molecule has 10 rings (SSSR count). The molecule has 350 valence electrons. The molecule has 0 aliphatic heterocycles. The van der Waals surface area contributed by atoms with Crippen molar-refractivity contribution in [1.82, 2.24) is 8.75 Å². The van der Waals surface area contributed by atoms with E-state index in [1.165, 1.54) is 166 Å². The number of para-hydroxylation sites is 1. The standard InChI is InChI=1S/C63H65N3S3/c1-5-7-9-11-13-18-40-63(41-19-14-12-10-8-6-2)56-42-44(3)22-33-53(56)54-34-28-48(43-57(54)63)52-35-36-55(62-61(52)64-69-65-62)60-39-38-59(68-60)47-26-31-51(32-27-47)66(49-20-16-15-17-21-49)50-29-24-46(25-30-50)58-37-23-45(4)67-58/h15-17,20-39,42-43H,5-14,18-19,40-41H2,1-4H3. The smallest absolute Gasteiger partial charge is 0.114 e. The molecule has 0 saturated heterocycles. The highest BCUT2D eigenvalue weighted by Crippen LogP contribution is 2.56. The van der Waals surface area contributed by atoms with Crippen LogP contribution < -0.4 is 4.90 Å². The predicted molar refractivity (Wildman–Crippen MR) is 301 cm³/mol. The van der Waals surface area contributed by atoms with Crippen molar-refractivity contribution < 1.29 is 0 Å². The van der Waals surface area contributed by atoms with Crippen LogP contribution in [0.3, 0.4) is 0 Å². The first kappa shape index (κ1) is 47.0. The van der Waals surface area contributed by atoms with Gasteiger partial charge in [0.05, 0.1) is 11.7 Å². The van der Waals surface area contributed by atoms with Gasteiger partial charge >= 0.3 is 0 Å². The van der Waals surface area contributed by atoms with Crippen LogP contribution in [-0.2, 0) is 5.41 Å². The maximum absolute atomic E-state index is 5.03. The summed E-state index contributed by atoms with van der Waals surface area (Å²) in [6.45, 7) is 9.08. The van der Waals surface area contributed by atoms with Crippen molar-refractivity contribution >= 4 is 62.5 Å². The Morgan fingerprint density at radius 1 is 0.420 bits per heavy atom. The maximum atomic E-state index is 5.03. The molecule has 0 N–H and O–H groups in total. The van der Waals surface area contributed by atoms with E-state index in [1.807, 2.05) is 22.7 Å². The Morgan fingerprint density at radius 2 is 0.913 bits per heavy atom. The Hall–Kier alpha value is -5.66. The molecule has 0 atom stereocenters. The number of aromatic nitrogens is 2. The summed E-state index contributed by atoms with van der Waals surface area (Å²) in [5.74, 6) is 0. The van der Waals surface area contributed by atoms with Crippen LogP contribution in [0, 0.1) is 13.8 Å². The summed E-state index contributed by atoms with van der Waals surface area (Å²) >= 11 is 5.00. The zero-order valence-corrected chi connectivity index (χ0v) is 43.3. The molecule has 1 aliphatic rings. The van der Waals surface area contributed by atoms with E-state index < -0.39 is 0 Å². The van der Waals surface area contributed by atoms with Crippen LogP contribution >= 0.6 is 34.4 Å². The molecule has 6 aromatic carbocycles. The van der Waals surface area contributed by atoms with Crippen LogP contribution in [0.15, 0.2) is 152 Å². The molecule has 3 heterocycles. The fraction of sp³-hybridized carbons (Fsp3) is 0.302. The van der Waals surface area contributed by atoms with E-state index in [9.17, 15) is 0 Å². The van der Waals surface area contributed by atoms with Crippen molar-refractivity contribution in [2.45, 2.75) is 123 Å². The first-order valence-corrected chi connectivity index (χ1v) is 28.0. The quantitative estimate of drug-likeness (QED) is 0.0672. The molecule has 0 bridgehead atoms. The van der Waals surface area contributed by atoms with Gasteiger partial charge in [0, 0.05) is 53.1 Å². The fourth-order valence-electron chi connectivity index (χ4n) is 11.0. The third-order valence-electron chi connectivity index (χ3n) is 14.6. The van der Waals surface area contributed by atoms with Crippen molar-refractivity contribution in [2.75, 3.05) is 4.90 Å². The molecule has 0 spiro atoms. The highest BCUT2D eigenvalue weighted by Gasteiger charge is 2.42. The van der Waals surface area contributed by atoms with Crippen molar-refractivity contribution in [3.8, 4) is 53.6 Å². The molecule has 0 saturated carbocycles.